The summed E-state index contributed by atoms with van der Waals surface area (Å²) in [6, 6.07) is 7.93. The number of carbonyl (C=O) groups excluding carboxylic acids is 1. The molecule has 0 unspecified atom stereocenters. The van der Waals surface area contributed by atoms with E-state index in [9.17, 15) is 4.79 Å². The second-order valence-electron chi connectivity index (χ2n) is 5.84. The Hall–Kier alpha value is -0.860. The fraction of sp³-hybridized carbons (Fsp3) is 0.562. The van der Waals surface area contributed by atoms with Gasteiger partial charge in [-0.2, -0.15) is 0 Å². The van der Waals surface area contributed by atoms with Gasteiger partial charge in [-0.15, -0.1) is 0 Å². The Kier molecular flexibility index (Phi) is 5.00. The number of aldehydes is 1. The zero-order valence-electron chi connectivity index (χ0n) is 11.6. The van der Waals surface area contributed by atoms with Gasteiger partial charge in [0.2, 0.25) is 0 Å². The SMILES string of the molecule is CN(Cc1ccc(Cl)cc1)CC1(C=O)CCCCC1. The van der Waals surface area contributed by atoms with Crippen LogP contribution in [0.4, 0.5) is 0 Å². The average Bonchev–Trinajstić information content (AvgIpc) is 2.42. The van der Waals surface area contributed by atoms with Gasteiger partial charge in [-0.3, -0.25) is 0 Å². The van der Waals surface area contributed by atoms with E-state index < -0.39 is 0 Å². The molecule has 1 aromatic carbocycles. The first kappa shape index (κ1) is 14.5. The van der Waals surface area contributed by atoms with Crippen molar-refractivity contribution in [2.75, 3.05) is 13.6 Å². The van der Waals surface area contributed by atoms with E-state index in [4.69, 9.17) is 11.6 Å². The van der Waals surface area contributed by atoms with Crippen LogP contribution in [0.3, 0.4) is 0 Å². The molecule has 0 amide bonds. The molecule has 0 aliphatic heterocycles. The van der Waals surface area contributed by atoms with Gasteiger partial charge >= 0.3 is 0 Å². The fourth-order valence-corrected chi connectivity index (χ4v) is 3.19. The average molecular weight is 280 g/mol. The van der Waals surface area contributed by atoms with Gasteiger partial charge in [0, 0.05) is 23.5 Å². The van der Waals surface area contributed by atoms with E-state index in [0.29, 0.717) is 0 Å². The third-order valence-electron chi connectivity index (χ3n) is 4.05. The van der Waals surface area contributed by atoms with Crippen molar-refractivity contribution in [3.8, 4) is 0 Å². The Labute approximate surface area is 120 Å². The predicted octanol–water partition coefficient (Wildman–Crippen LogP) is 3.92. The van der Waals surface area contributed by atoms with Gasteiger partial charge in [-0.25, -0.2) is 0 Å². The summed E-state index contributed by atoms with van der Waals surface area (Å²) in [6.07, 6.45) is 6.94. The van der Waals surface area contributed by atoms with Crippen molar-refractivity contribution in [1.29, 1.82) is 0 Å². The molecule has 19 heavy (non-hydrogen) atoms. The molecule has 0 atom stereocenters. The highest BCUT2D eigenvalue weighted by Gasteiger charge is 2.32. The van der Waals surface area contributed by atoms with Crippen LogP contribution in [-0.4, -0.2) is 24.8 Å². The molecule has 0 bridgehead atoms. The van der Waals surface area contributed by atoms with Crippen LogP contribution in [0.5, 0.6) is 0 Å². The molecule has 2 nitrogen and oxygen atoms in total. The van der Waals surface area contributed by atoms with Crippen LogP contribution in [0.15, 0.2) is 24.3 Å². The van der Waals surface area contributed by atoms with Crippen LogP contribution >= 0.6 is 11.6 Å². The van der Waals surface area contributed by atoms with Crippen LogP contribution < -0.4 is 0 Å². The summed E-state index contributed by atoms with van der Waals surface area (Å²) < 4.78 is 0. The standard InChI is InChI=1S/C16H22ClNO/c1-18(11-14-5-7-15(17)8-6-14)12-16(13-19)9-3-2-4-10-16/h5-8,13H,2-4,9-12H2,1H3. The molecule has 1 aliphatic carbocycles. The number of nitrogens with zero attached hydrogens (tertiary/aromatic N) is 1. The molecule has 1 aromatic rings. The summed E-state index contributed by atoms with van der Waals surface area (Å²) in [6.45, 7) is 1.73. The van der Waals surface area contributed by atoms with E-state index in [0.717, 1.165) is 31.0 Å². The molecule has 2 rings (SSSR count). The lowest BCUT2D eigenvalue weighted by Gasteiger charge is -2.35. The third-order valence-corrected chi connectivity index (χ3v) is 4.30. The third kappa shape index (κ3) is 4.05. The van der Waals surface area contributed by atoms with Crippen LogP contribution in [0, 0.1) is 5.41 Å². The van der Waals surface area contributed by atoms with Gasteiger partial charge in [0.05, 0.1) is 0 Å². The first-order valence-corrected chi connectivity index (χ1v) is 7.41. The molecule has 104 valence electrons. The maximum Gasteiger partial charge on any atom is 0.127 e. The minimum Gasteiger partial charge on any atom is -0.303 e. The zero-order chi connectivity index (χ0) is 13.7. The lowest BCUT2D eigenvalue weighted by molar-refractivity contribution is -0.119. The van der Waals surface area contributed by atoms with Gasteiger partial charge in [0.1, 0.15) is 6.29 Å². The van der Waals surface area contributed by atoms with Crippen molar-refractivity contribution < 1.29 is 4.79 Å². The van der Waals surface area contributed by atoms with Crippen LogP contribution in [-0.2, 0) is 11.3 Å². The summed E-state index contributed by atoms with van der Waals surface area (Å²) in [4.78, 5) is 13.7. The highest BCUT2D eigenvalue weighted by atomic mass is 35.5. The van der Waals surface area contributed by atoms with Gasteiger partial charge in [-0.1, -0.05) is 43.0 Å². The summed E-state index contributed by atoms with van der Waals surface area (Å²) in [5.74, 6) is 0. The Balaban J connectivity index is 1.94. The molecule has 1 saturated carbocycles. The fourth-order valence-electron chi connectivity index (χ4n) is 3.06. The maximum absolute atomic E-state index is 11.5. The van der Waals surface area contributed by atoms with E-state index in [1.807, 2.05) is 24.3 Å². The Morgan fingerprint density at radius 3 is 2.42 bits per heavy atom. The lowest BCUT2D eigenvalue weighted by Crippen LogP contribution is -2.38. The van der Waals surface area contributed by atoms with Crippen molar-refractivity contribution >= 4 is 17.9 Å². The Bertz CT molecular complexity index is 409. The van der Waals surface area contributed by atoms with Crippen LogP contribution in [0.2, 0.25) is 5.02 Å². The van der Waals surface area contributed by atoms with Crippen molar-refractivity contribution in [2.45, 2.75) is 38.6 Å². The summed E-state index contributed by atoms with van der Waals surface area (Å²) in [5.41, 5.74) is 1.13. The van der Waals surface area contributed by atoms with Crippen molar-refractivity contribution in [2.24, 2.45) is 5.41 Å². The molecule has 0 radical (unpaired) electrons. The second kappa shape index (κ2) is 6.53. The summed E-state index contributed by atoms with van der Waals surface area (Å²) in [5, 5.41) is 0.767. The summed E-state index contributed by atoms with van der Waals surface area (Å²) in [7, 11) is 2.09. The van der Waals surface area contributed by atoms with E-state index in [1.165, 1.54) is 31.1 Å². The smallest absolute Gasteiger partial charge is 0.127 e. The largest absolute Gasteiger partial charge is 0.303 e. The highest BCUT2D eigenvalue weighted by Crippen LogP contribution is 2.35. The quantitative estimate of drug-likeness (QED) is 0.762. The van der Waals surface area contributed by atoms with Crippen LogP contribution in [0.1, 0.15) is 37.7 Å². The second-order valence-corrected chi connectivity index (χ2v) is 6.28. The zero-order valence-corrected chi connectivity index (χ0v) is 12.3. The molecule has 0 spiro atoms. The lowest BCUT2D eigenvalue weighted by atomic mass is 9.75. The minimum absolute atomic E-state index is 0.112. The first-order valence-electron chi connectivity index (χ1n) is 7.03. The number of hydrogen-bond donors (Lipinski definition) is 0. The number of carbonyl (C=O) groups is 1. The van der Waals surface area contributed by atoms with E-state index in [2.05, 4.69) is 11.9 Å². The molecule has 0 N–H and O–H groups in total. The number of hydrogen-bond acceptors (Lipinski definition) is 2. The number of rotatable bonds is 5. The van der Waals surface area contributed by atoms with E-state index in [1.54, 1.807) is 0 Å². The molecule has 1 aliphatic rings. The molecule has 1 fully saturated rings. The molecule has 0 heterocycles. The normalized spacial score (nSPS) is 18.5. The molecular weight excluding hydrogens is 258 g/mol. The van der Waals surface area contributed by atoms with Crippen molar-refractivity contribution in [3.63, 3.8) is 0 Å². The van der Waals surface area contributed by atoms with Crippen molar-refractivity contribution in [3.05, 3.63) is 34.9 Å². The van der Waals surface area contributed by atoms with E-state index in [-0.39, 0.29) is 5.41 Å². The van der Waals surface area contributed by atoms with Crippen molar-refractivity contribution in [1.82, 2.24) is 4.90 Å². The minimum atomic E-state index is -0.112. The Morgan fingerprint density at radius 2 is 1.84 bits per heavy atom. The maximum atomic E-state index is 11.5. The van der Waals surface area contributed by atoms with Gasteiger partial charge in [-0.05, 0) is 37.6 Å². The van der Waals surface area contributed by atoms with Gasteiger partial charge < -0.3 is 9.69 Å². The first-order chi connectivity index (χ1) is 9.13. The molecule has 0 saturated heterocycles. The predicted molar refractivity (Wildman–Crippen MR) is 79.4 cm³/mol. The highest BCUT2D eigenvalue weighted by molar-refractivity contribution is 6.30. The number of halogens is 1. The summed E-state index contributed by atoms with van der Waals surface area (Å²) >= 11 is 5.89. The van der Waals surface area contributed by atoms with E-state index >= 15 is 0 Å². The molecule has 3 heteroatoms. The topological polar surface area (TPSA) is 20.3 Å². The van der Waals surface area contributed by atoms with Gasteiger partial charge in [0.25, 0.3) is 0 Å². The van der Waals surface area contributed by atoms with Gasteiger partial charge in [0.15, 0.2) is 0 Å². The number of benzene rings is 1. The molecular formula is C16H22ClNO. The Morgan fingerprint density at radius 1 is 1.21 bits per heavy atom. The molecule has 0 aromatic heterocycles. The van der Waals surface area contributed by atoms with Crippen LogP contribution in [0.25, 0.3) is 0 Å². The monoisotopic (exact) mass is 279 g/mol.